The van der Waals surface area contributed by atoms with Crippen molar-refractivity contribution in [1.29, 1.82) is 0 Å². The number of esters is 1. The van der Waals surface area contributed by atoms with E-state index in [2.05, 4.69) is 10.4 Å². The van der Waals surface area contributed by atoms with E-state index in [4.69, 9.17) is 4.74 Å². The van der Waals surface area contributed by atoms with Gasteiger partial charge in [0.15, 0.2) is 5.69 Å². The zero-order chi connectivity index (χ0) is 24.4. The number of anilines is 1. The van der Waals surface area contributed by atoms with Gasteiger partial charge in [-0.1, -0.05) is 36.4 Å². The van der Waals surface area contributed by atoms with Gasteiger partial charge < -0.3 is 10.1 Å². The number of ether oxygens (including phenoxy) is 1. The molecule has 1 heterocycles. The summed E-state index contributed by atoms with van der Waals surface area (Å²) in [5.74, 6) is -1.55. The van der Waals surface area contributed by atoms with Gasteiger partial charge >= 0.3 is 5.97 Å². The molecule has 0 aliphatic carbocycles. The van der Waals surface area contributed by atoms with Crippen molar-refractivity contribution in [2.45, 2.75) is 6.92 Å². The van der Waals surface area contributed by atoms with Gasteiger partial charge in [0.05, 0.1) is 23.3 Å². The molecule has 4 rings (SSSR count). The molecule has 0 atom stereocenters. The quantitative estimate of drug-likeness (QED) is 0.274. The van der Waals surface area contributed by atoms with E-state index in [0.717, 1.165) is 15.5 Å². The Morgan fingerprint density at radius 3 is 2.35 bits per heavy atom. The molecule has 10 nitrogen and oxygen atoms in total. The van der Waals surface area contributed by atoms with Gasteiger partial charge in [0.2, 0.25) is 5.43 Å². The number of nitrogens with one attached hydrogen (secondary N) is 1. The molecule has 0 saturated heterocycles. The number of carbonyl (C=O) groups excluding carboxylic acids is 2. The zero-order valence-electron chi connectivity index (χ0n) is 18.1. The Morgan fingerprint density at radius 1 is 1.03 bits per heavy atom. The average Bonchev–Trinajstić information content (AvgIpc) is 2.83. The van der Waals surface area contributed by atoms with Crippen LogP contribution >= 0.6 is 0 Å². The van der Waals surface area contributed by atoms with Gasteiger partial charge in [-0.3, -0.25) is 19.7 Å². The maximum absolute atomic E-state index is 13.1. The maximum atomic E-state index is 13.1. The first-order chi connectivity index (χ1) is 16.3. The van der Waals surface area contributed by atoms with E-state index in [1.54, 1.807) is 43.3 Å². The molecule has 3 aromatic carbocycles. The first-order valence-corrected chi connectivity index (χ1v) is 10.1. The first kappa shape index (κ1) is 22.3. The van der Waals surface area contributed by atoms with Crippen molar-refractivity contribution in [1.82, 2.24) is 9.78 Å². The van der Waals surface area contributed by atoms with Crippen molar-refractivity contribution in [3.8, 4) is 5.69 Å². The predicted octanol–water partition coefficient (Wildman–Crippen LogP) is 3.64. The van der Waals surface area contributed by atoms with Crippen molar-refractivity contribution in [2.24, 2.45) is 0 Å². The fourth-order valence-electron chi connectivity index (χ4n) is 3.55. The summed E-state index contributed by atoms with van der Waals surface area (Å²) < 4.78 is 5.99. The average molecular weight is 458 g/mol. The van der Waals surface area contributed by atoms with Crippen LogP contribution in [0.4, 0.5) is 11.4 Å². The molecule has 10 heteroatoms. The van der Waals surface area contributed by atoms with E-state index in [9.17, 15) is 24.5 Å². The number of nitro groups is 1. The second-order valence-electron chi connectivity index (χ2n) is 7.35. The summed E-state index contributed by atoms with van der Waals surface area (Å²) in [4.78, 5) is 48.9. The third kappa shape index (κ3) is 4.11. The van der Waals surface area contributed by atoms with Gasteiger partial charge in [-0.25, -0.2) is 9.48 Å². The molecule has 1 N–H and O–H groups in total. The number of benzene rings is 3. The first-order valence-electron chi connectivity index (χ1n) is 10.1. The Morgan fingerprint density at radius 2 is 1.68 bits per heavy atom. The minimum Gasteiger partial charge on any atom is -0.465 e. The van der Waals surface area contributed by atoms with Crippen LogP contribution in [0.3, 0.4) is 0 Å². The van der Waals surface area contributed by atoms with Gasteiger partial charge in [0, 0.05) is 17.8 Å². The number of methoxy groups -OCH3 is 1. The molecule has 0 saturated carbocycles. The molecule has 1 amide bonds. The summed E-state index contributed by atoms with van der Waals surface area (Å²) in [6.07, 6.45) is 0. The number of hydrogen-bond donors (Lipinski definition) is 1. The standard InChI is InChI=1S/C24H18N4O6/c1-14-11-21(29)22(26-27(14)19-9-5-6-10-20(19)28(32)33)23(30)25-18-13-16-8-4-3-7-15(16)12-17(18)24(31)34-2/h3-13H,1-2H3,(H,25,30). The smallest absolute Gasteiger partial charge is 0.339 e. The minimum absolute atomic E-state index is 0.0972. The number of aryl methyl sites for hydroxylation is 1. The normalized spacial score (nSPS) is 10.6. The highest BCUT2D eigenvalue weighted by molar-refractivity contribution is 6.09. The van der Waals surface area contributed by atoms with Gasteiger partial charge in [-0.05, 0) is 35.9 Å². The Hall–Kier alpha value is -4.86. The summed E-state index contributed by atoms with van der Waals surface area (Å²) in [5, 5.41) is 19.6. The van der Waals surface area contributed by atoms with Crippen LogP contribution in [0, 0.1) is 17.0 Å². The van der Waals surface area contributed by atoms with Gasteiger partial charge in [0.25, 0.3) is 11.6 Å². The molecule has 34 heavy (non-hydrogen) atoms. The fourth-order valence-corrected chi connectivity index (χ4v) is 3.55. The molecular weight excluding hydrogens is 440 g/mol. The molecule has 0 spiro atoms. The lowest BCUT2D eigenvalue weighted by atomic mass is 10.0. The van der Waals surface area contributed by atoms with E-state index in [1.807, 2.05) is 6.07 Å². The number of para-hydroxylation sites is 2. The summed E-state index contributed by atoms with van der Waals surface area (Å²) in [6, 6.07) is 17.4. The molecule has 0 aliphatic heterocycles. The van der Waals surface area contributed by atoms with Crippen LogP contribution in [0.5, 0.6) is 0 Å². The van der Waals surface area contributed by atoms with E-state index < -0.39 is 27.9 Å². The highest BCUT2D eigenvalue weighted by atomic mass is 16.6. The lowest BCUT2D eigenvalue weighted by Crippen LogP contribution is -2.27. The maximum Gasteiger partial charge on any atom is 0.339 e. The van der Waals surface area contributed by atoms with Crippen molar-refractivity contribution in [3.05, 3.63) is 104 Å². The summed E-state index contributed by atoms with van der Waals surface area (Å²) in [7, 11) is 1.22. The molecule has 170 valence electrons. The van der Waals surface area contributed by atoms with Crippen molar-refractivity contribution in [2.75, 3.05) is 12.4 Å². The topological polar surface area (TPSA) is 133 Å². The third-order valence-corrected chi connectivity index (χ3v) is 5.17. The lowest BCUT2D eigenvalue weighted by molar-refractivity contribution is -0.384. The van der Waals surface area contributed by atoms with Crippen LogP contribution in [0.1, 0.15) is 26.5 Å². The number of hydrogen-bond acceptors (Lipinski definition) is 7. The Labute approximate surface area is 192 Å². The van der Waals surface area contributed by atoms with E-state index in [1.165, 1.54) is 31.4 Å². The van der Waals surface area contributed by atoms with Crippen LogP contribution in [0.2, 0.25) is 0 Å². The Bertz CT molecular complexity index is 1530. The van der Waals surface area contributed by atoms with Crippen LogP contribution in [-0.2, 0) is 4.74 Å². The zero-order valence-corrected chi connectivity index (χ0v) is 18.1. The number of carbonyl (C=O) groups is 2. The van der Waals surface area contributed by atoms with Crippen LogP contribution in [0.25, 0.3) is 16.5 Å². The SMILES string of the molecule is COC(=O)c1cc2ccccc2cc1NC(=O)c1nn(-c2ccccc2[N+](=O)[O-])c(C)cc1=O. The van der Waals surface area contributed by atoms with Crippen LogP contribution in [0.15, 0.2) is 71.5 Å². The number of nitro benzene ring substituents is 1. The van der Waals surface area contributed by atoms with Crippen LogP contribution in [-0.4, -0.2) is 33.7 Å². The molecule has 0 unspecified atom stereocenters. The van der Waals surface area contributed by atoms with Crippen molar-refractivity contribution >= 4 is 34.0 Å². The minimum atomic E-state index is -0.877. The number of amides is 1. The predicted molar refractivity (Wildman–Crippen MR) is 124 cm³/mol. The molecule has 0 radical (unpaired) electrons. The van der Waals surface area contributed by atoms with Gasteiger partial charge in [-0.2, -0.15) is 5.10 Å². The summed E-state index contributed by atoms with van der Waals surface area (Å²) in [5.41, 5.74) is -0.777. The van der Waals surface area contributed by atoms with Gasteiger partial charge in [0.1, 0.15) is 5.69 Å². The molecule has 1 aromatic heterocycles. The molecule has 0 bridgehead atoms. The lowest BCUT2D eigenvalue weighted by Gasteiger charge is -2.13. The molecule has 0 fully saturated rings. The van der Waals surface area contributed by atoms with E-state index in [0.29, 0.717) is 5.69 Å². The Kier molecular flexibility index (Phi) is 5.88. The Balaban J connectivity index is 1.80. The van der Waals surface area contributed by atoms with Crippen LogP contribution < -0.4 is 10.7 Å². The fraction of sp³-hybridized carbons (Fsp3) is 0.0833. The third-order valence-electron chi connectivity index (χ3n) is 5.17. The van der Waals surface area contributed by atoms with E-state index in [-0.39, 0.29) is 22.6 Å². The highest BCUT2D eigenvalue weighted by Crippen LogP contribution is 2.26. The molecule has 4 aromatic rings. The summed E-state index contributed by atoms with van der Waals surface area (Å²) >= 11 is 0. The highest BCUT2D eigenvalue weighted by Gasteiger charge is 2.22. The summed E-state index contributed by atoms with van der Waals surface area (Å²) in [6.45, 7) is 1.55. The molecule has 0 aliphatic rings. The monoisotopic (exact) mass is 458 g/mol. The van der Waals surface area contributed by atoms with Crippen molar-refractivity contribution in [3.63, 3.8) is 0 Å². The van der Waals surface area contributed by atoms with Gasteiger partial charge in [-0.15, -0.1) is 0 Å². The second-order valence-corrected chi connectivity index (χ2v) is 7.35. The van der Waals surface area contributed by atoms with E-state index >= 15 is 0 Å². The second kappa shape index (κ2) is 8.94. The number of nitrogens with zero attached hydrogens (tertiary/aromatic N) is 3. The largest absolute Gasteiger partial charge is 0.465 e. The number of fused-ring (bicyclic) bond motifs is 1. The number of rotatable bonds is 5. The number of aromatic nitrogens is 2. The molecular formula is C24H18N4O6. The van der Waals surface area contributed by atoms with Crippen molar-refractivity contribution < 1.29 is 19.2 Å².